The van der Waals surface area contributed by atoms with Crippen LogP contribution >= 0.6 is 23.6 Å². The number of hydrogen-bond donors (Lipinski definition) is 1. The van der Waals surface area contributed by atoms with Gasteiger partial charge in [-0.05, 0) is 36.4 Å². The maximum Gasteiger partial charge on any atom is 0.0395 e. The van der Waals surface area contributed by atoms with E-state index in [2.05, 4.69) is 17.0 Å². The van der Waals surface area contributed by atoms with Crippen molar-refractivity contribution in [2.45, 2.75) is 18.9 Å². The number of halogens is 2. The van der Waals surface area contributed by atoms with E-state index in [1.54, 1.807) is 4.42 Å². The summed E-state index contributed by atoms with van der Waals surface area (Å²) in [7, 11) is 0. The molecule has 1 heterocycles. The summed E-state index contributed by atoms with van der Waals surface area (Å²) in [6.07, 6.45) is 6.25. The van der Waals surface area contributed by atoms with Crippen LogP contribution in [0.1, 0.15) is 12.8 Å². The third-order valence-electron chi connectivity index (χ3n) is 1.70. The Morgan fingerprint density at radius 3 is 3.00 bits per heavy atom. The highest BCUT2D eigenvalue weighted by Crippen LogP contribution is 2.07. The van der Waals surface area contributed by atoms with Gasteiger partial charge >= 0.3 is 0 Å². The van der Waals surface area contributed by atoms with Crippen molar-refractivity contribution in [2.75, 3.05) is 13.1 Å². The van der Waals surface area contributed by atoms with Crippen molar-refractivity contribution in [3.63, 3.8) is 0 Å². The lowest BCUT2D eigenvalue weighted by Gasteiger charge is -2.20. The van der Waals surface area contributed by atoms with E-state index in [9.17, 15) is 0 Å². The van der Waals surface area contributed by atoms with Crippen LogP contribution in [-0.2, 0) is 0 Å². The van der Waals surface area contributed by atoms with Crippen LogP contribution in [0, 0.1) is 0 Å². The molecule has 1 aliphatic rings. The molecule has 1 aliphatic heterocycles. The fraction of sp³-hybridized carbons (Fsp3) is 0.714. The highest BCUT2D eigenvalue weighted by molar-refractivity contribution is 6.14. The standard InChI is InChI=1S/C7H12Cl2N2/c8-10-7-4-2-1-3-5-11(9)6-7/h1-2,7,10H,3-6H2/b2-1-/t7-/m0/s1. The molecule has 1 N–H and O–H groups in total. The Kier molecular flexibility index (Phi) is 4.23. The Morgan fingerprint density at radius 2 is 2.27 bits per heavy atom. The van der Waals surface area contributed by atoms with Gasteiger partial charge in [0.05, 0.1) is 0 Å². The molecule has 11 heavy (non-hydrogen) atoms. The van der Waals surface area contributed by atoms with Gasteiger partial charge in [0, 0.05) is 19.1 Å². The lowest BCUT2D eigenvalue weighted by atomic mass is 10.1. The summed E-state index contributed by atoms with van der Waals surface area (Å²) < 4.78 is 1.77. The average molecular weight is 195 g/mol. The smallest absolute Gasteiger partial charge is 0.0395 e. The van der Waals surface area contributed by atoms with Crippen molar-refractivity contribution in [2.24, 2.45) is 0 Å². The third-order valence-corrected chi connectivity index (χ3v) is 2.31. The van der Waals surface area contributed by atoms with Gasteiger partial charge in [0.1, 0.15) is 0 Å². The Bertz CT molecular complexity index is 138. The first-order chi connectivity index (χ1) is 5.33. The third kappa shape index (κ3) is 3.43. The van der Waals surface area contributed by atoms with Crippen LogP contribution in [0.5, 0.6) is 0 Å². The minimum atomic E-state index is 0.269. The SMILES string of the molecule is ClN[C@H]1C/C=C\CCN(Cl)C1. The van der Waals surface area contributed by atoms with E-state index < -0.39 is 0 Å². The molecule has 1 atom stereocenters. The number of nitrogens with zero attached hydrogens (tertiary/aromatic N) is 1. The quantitative estimate of drug-likeness (QED) is 0.507. The fourth-order valence-electron chi connectivity index (χ4n) is 1.08. The van der Waals surface area contributed by atoms with Gasteiger partial charge in [-0.2, -0.15) is 0 Å². The second kappa shape index (κ2) is 4.99. The van der Waals surface area contributed by atoms with Crippen LogP contribution in [0.25, 0.3) is 0 Å². The first kappa shape index (κ1) is 9.33. The first-order valence-corrected chi connectivity index (χ1v) is 4.46. The average Bonchev–Trinajstić information content (AvgIpc) is 1.96. The largest absolute Gasteiger partial charge is 0.229 e. The molecule has 2 nitrogen and oxygen atoms in total. The van der Waals surface area contributed by atoms with E-state index in [0.29, 0.717) is 0 Å². The van der Waals surface area contributed by atoms with E-state index in [4.69, 9.17) is 23.6 Å². The van der Waals surface area contributed by atoms with Crippen molar-refractivity contribution >= 4 is 23.6 Å². The molecular weight excluding hydrogens is 183 g/mol. The van der Waals surface area contributed by atoms with E-state index in [1.165, 1.54) is 0 Å². The fourth-order valence-corrected chi connectivity index (χ4v) is 1.50. The lowest BCUT2D eigenvalue weighted by molar-refractivity contribution is 0.401. The Morgan fingerprint density at radius 1 is 1.45 bits per heavy atom. The van der Waals surface area contributed by atoms with Crippen LogP contribution < -0.4 is 4.84 Å². The lowest BCUT2D eigenvalue weighted by Crippen LogP contribution is -2.33. The monoisotopic (exact) mass is 194 g/mol. The molecule has 0 unspecified atom stereocenters. The van der Waals surface area contributed by atoms with Crippen LogP contribution in [0.15, 0.2) is 12.2 Å². The highest BCUT2D eigenvalue weighted by Gasteiger charge is 2.11. The van der Waals surface area contributed by atoms with Gasteiger partial charge in [-0.3, -0.25) is 0 Å². The molecule has 0 aromatic carbocycles. The molecule has 0 aromatic rings. The van der Waals surface area contributed by atoms with Crippen molar-refractivity contribution in [1.29, 1.82) is 0 Å². The topological polar surface area (TPSA) is 15.3 Å². The zero-order valence-electron chi connectivity index (χ0n) is 6.26. The summed E-state index contributed by atoms with van der Waals surface area (Å²) in [5, 5.41) is 0. The molecule has 4 heteroatoms. The maximum absolute atomic E-state index is 5.87. The molecule has 0 spiro atoms. The molecule has 0 saturated carbocycles. The Labute approximate surface area is 77.4 Å². The predicted molar refractivity (Wildman–Crippen MR) is 48.6 cm³/mol. The van der Waals surface area contributed by atoms with Gasteiger partial charge in [0.2, 0.25) is 0 Å². The first-order valence-electron chi connectivity index (χ1n) is 3.75. The van der Waals surface area contributed by atoms with Gasteiger partial charge in [0.25, 0.3) is 0 Å². The van der Waals surface area contributed by atoms with Gasteiger partial charge < -0.3 is 0 Å². The molecule has 0 amide bonds. The van der Waals surface area contributed by atoms with Gasteiger partial charge in [-0.25, -0.2) is 9.25 Å². The van der Waals surface area contributed by atoms with Crippen LogP contribution in [0.2, 0.25) is 0 Å². The number of rotatable bonds is 1. The second-order valence-electron chi connectivity index (χ2n) is 2.67. The summed E-state index contributed by atoms with van der Waals surface area (Å²) >= 11 is 11.4. The summed E-state index contributed by atoms with van der Waals surface area (Å²) in [6.45, 7) is 1.70. The summed E-state index contributed by atoms with van der Waals surface area (Å²) in [5.41, 5.74) is 0. The van der Waals surface area contributed by atoms with E-state index in [1.807, 2.05) is 0 Å². The van der Waals surface area contributed by atoms with Gasteiger partial charge in [-0.1, -0.05) is 12.2 Å². The maximum atomic E-state index is 5.87. The molecule has 64 valence electrons. The minimum Gasteiger partial charge on any atom is -0.229 e. The van der Waals surface area contributed by atoms with Crippen molar-refractivity contribution in [1.82, 2.24) is 9.25 Å². The Balaban J connectivity index is 2.41. The summed E-state index contributed by atoms with van der Waals surface area (Å²) in [6, 6.07) is 0.269. The molecular formula is C7H12Cl2N2. The van der Waals surface area contributed by atoms with E-state index in [0.717, 1.165) is 25.9 Å². The predicted octanol–water partition coefficient (Wildman–Crippen LogP) is 1.90. The molecule has 0 aromatic heterocycles. The van der Waals surface area contributed by atoms with E-state index >= 15 is 0 Å². The molecule has 0 radical (unpaired) electrons. The van der Waals surface area contributed by atoms with Crippen molar-refractivity contribution in [3.05, 3.63) is 12.2 Å². The normalized spacial score (nSPS) is 30.9. The van der Waals surface area contributed by atoms with E-state index in [-0.39, 0.29) is 6.04 Å². The van der Waals surface area contributed by atoms with Gasteiger partial charge in [-0.15, -0.1) is 0 Å². The summed E-state index contributed by atoms with van der Waals surface area (Å²) in [4.78, 5) is 2.70. The highest BCUT2D eigenvalue weighted by atomic mass is 35.5. The molecule has 0 bridgehead atoms. The zero-order valence-corrected chi connectivity index (χ0v) is 7.78. The number of nitrogens with one attached hydrogen (secondary N) is 1. The molecule has 0 aliphatic carbocycles. The second-order valence-corrected chi connectivity index (χ2v) is 3.37. The van der Waals surface area contributed by atoms with Crippen molar-refractivity contribution in [3.8, 4) is 0 Å². The number of hydrogen-bond acceptors (Lipinski definition) is 2. The molecule has 1 rings (SSSR count). The van der Waals surface area contributed by atoms with Crippen LogP contribution in [0.4, 0.5) is 0 Å². The van der Waals surface area contributed by atoms with Crippen molar-refractivity contribution < 1.29 is 0 Å². The minimum absolute atomic E-state index is 0.269. The molecule has 0 saturated heterocycles. The molecule has 0 fully saturated rings. The Hall–Kier alpha value is 0.240. The summed E-state index contributed by atoms with van der Waals surface area (Å²) in [5.74, 6) is 0. The van der Waals surface area contributed by atoms with Crippen LogP contribution in [0.3, 0.4) is 0 Å². The van der Waals surface area contributed by atoms with Gasteiger partial charge in [0.15, 0.2) is 0 Å². The van der Waals surface area contributed by atoms with Crippen LogP contribution in [-0.4, -0.2) is 23.6 Å². The zero-order chi connectivity index (χ0) is 8.10.